The Morgan fingerprint density at radius 1 is 1.23 bits per heavy atom. The predicted octanol–water partition coefficient (Wildman–Crippen LogP) is 1.99. The number of nitrogens with one attached hydrogen (secondary N) is 2. The molecule has 9 atom stereocenters. The van der Waals surface area contributed by atoms with Crippen LogP contribution in [0.3, 0.4) is 0 Å². The average Bonchev–Trinajstić information content (AvgIpc) is 3.38. The number of hydrogen-bond acceptors (Lipinski definition) is 10. The predicted molar refractivity (Wildman–Crippen MR) is 149 cm³/mol. The van der Waals surface area contributed by atoms with Gasteiger partial charge in [-0.2, -0.15) is 0 Å². The molecule has 1 aromatic carbocycles. The fraction of sp³-hybridized carbons (Fsp3) is 0.692. The first-order chi connectivity index (χ1) is 18.6. The maximum absolute atomic E-state index is 13.1. The van der Waals surface area contributed by atoms with Gasteiger partial charge in [0.15, 0.2) is 0 Å². The van der Waals surface area contributed by atoms with Gasteiger partial charge in [0.05, 0.1) is 28.8 Å². The van der Waals surface area contributed by atoms with Crippen molar-refractivity contribution in [1.29, 1.82) is 0 Å². The third-order valence-electron chi connectivity index (χ3n) is 7.13. The lowest BCUT2D eigenvalue weighted by Crippen LogP contribution is -2.66. The molecule has 0 spiro atoms. The van der Waals surface area contributed by atoms with E-state index in [1.807, 2.05) is 0 Å². The molecule has 0 saturated carbocycles. The summed E-state index contributed by atoms with van der Waals surface area (Å²) in [5, 5.41) is 38.7. The highest BCUT2D eigenvalue weighted by molar-refractivity contribution is 7.99. The Balaban J connectivity index is 1.60. The summed E-state index contributed by atoms with van der Waals surface area (Å²) in [4.78, 5) is 25.4. The van der Waals surface area contributed by atoms with Crippen molar-refractivity contribution in [2.75, 3.05) is 26.0 Å². The summed E-state index contributed by atoms with van der Waals surface area (Å²) in [6.07, 6.45) is -3.27. The fourth-order valence-electron chi connectivity index (χ4n) is 4.85. The van der Waals surface area contributed by atoms with Crippen molar-refractivity contribution in [2.24, 2.45) is 5.92 Å². The number of halogens is 2. The molecular weight excluding hydrogens is 571 g/mol. The zero-order chi connectivity index (χ0) is 28.7. The Bertz CT molecular complexity index is 976. The second-order valence-corrected chi connectivity index (χ2v) is 11.9. The molecule has 1 amide bonds. The van der Waals surface area contributed by atoms with Gasteiger partial charge in [0, 0.05) is 17.9 Å². The van der Waals surface area contributed by atoms with Gasteiger partial charge in [-0.3, -0.25) is 4.79 Å². The van der Waals surface area contributed by atoms with Gasteiger partial charge < -0.3 is 40.2 Å². The van der Waals surface area contributed by atoms with Gasteiger partial charge in [0.2, 0.25) is 5.91 Å². The number of aliphatic hydroxyl groups excluding tert-OH is 3. The van der Waals surface area contributed by atoms with Crippen LogP contribution in [0.15, 0.2) is 18.2 Å². The van der Waals surface area contributed by atoms with Crippen molar-refractivity contribution in [3.8, 4) is 0 Å². The molecule has 2 fully saturated rings. The fourth-order valence-corrected chi connectivity index (χ4v) is 6.32. The SMILES string of the molecule is CCC[C@H]1CN[C@H](C(=O)N[C@@H]([C@H]2O[C@H](SCCOC(=O)c3ccc(Cl)cc3Cl)[C@H](O)[C@@H](O)[C@H]2O)[C@@H](C)OC)C1. The topological polar surface area (TPSA) is 147 Å². The standard InChI is InChI=1S/C26H38Cl2N2O8S/c1-4-5-14-10-18(29-12-14)24(34)30-19(13(2)36-3)23-21(32)20(31)22(33)26(38-23)39-9-8-37-25(35)16-7-6-15(27)11-17(16)28/h6-7,11,13-14,18-23,26,29,31-33H,4-5,8-10,12H2,1-3H3,(H,30,34)/t13-,14-,18+,19-,20+,21-,22-,23-,26-/m1/s1. The van der Waals surface area contributed by atoms with E-state index in [0.717, 1.165) is 31.1 Å². The Morgan fingerprint density at radius 2 is 1.97 bits per heavy atom. The number of benzene rings is 1. The molecule has 2 heterocycles. The molecule has 0 unspecified atom stereocenters. The molecule has 39 heavy (non-hydrogen) atoms. The largest absolute Gasteiger partial charge is 0.461 e. The van der Waals surface area contributed by atoms with Crippen LogP contribution in [0, 0.1) is 5.92 Å². The van der Waals surface area contributed by atoms with E-state index in [9.17, 15) is 24.9 Å². The normalized spacial score (nSPS) is 30.5. The van der Waals surface area contributed by atoms with Crippen LogP contribution in [-0.4, -0.2) is 101 Å². The monoisotopic (exact) mass is 608 g/mol. The van der Waals surface area contributed by atoms with E-state index in [0.29, 0.717) is 17.4 Å². The minimum absolute atomic E-state index is 0.0285. The van der Waals surface area contributed by atoms with E-state index in [4.69, 9.17) is 37.4 Å². The number of ether oxygens (including phenoxy) is 3. The minimum atomic E-state index is -1.53. The number of carbonyl (C=O) groups is 2. The van der Waals surface area contributed by atoms with Gasteiger partial charge in [0.1, 0.15) is 36.5 Å². The number of carbonyl (C=O) groups excluding carboxylic acids is 2. The molecule has 0 aromatic heterocycles. The van der Waals surface area contributed by atoms with E-state index in [-0.39, 0.29) is 34.9 Å². The second-order valence-electron chi connectivity index (χ2n) is 9.90. The first-order valence-corrected chi connectivity index (χ1v) is 14.9. The molecule has 10 nitrogen and oxygen atoms in total. The summed E-state index contributed by atoms with van der Waals surface area (Å²) >= 11 is 13.0. The summed E-state index contributed by atoms with van der Waals surface area (Å²) in [5.74, 6) is -0.233. The number of amides is 1. The quantitative estimate of drug-likeness (QED) is 0.176. The van der Waals surface area contributed by atoms with Gasteiger partial charge in [0.25, 0.3) is 0 Å². The number of thioether (sulfide) groups is 1. The minimum Gasteiger partial charge on any atom is -0.461 e. The molecule has 2 aliphatic rings. The van der Waals surface area contributed by atoms with E-state index < -0.39 is 48.0 Å². The molecule has 0 aliphatic carbocycles. The smallest absolute Gasteiger partial charge is 0.339 e. The highest BCUT2D eigenvalue weighted by atomic mass is 35.5. The lowest BCUT2D eigenvalue weighted by Gasteiger charge is -2.44. The number of esters is 1. The van der Waals surface area contributed by atoms with Gasteiger partial charge in [-0.1, -0.05) is 36.5 Å². The van der Waals surface area contributed by atoms with Crippen molar-refractivity contribution in [2.45, 2.75) is 81.1 Å². The van der Waals surface area contributed by atoms with Crippen LogP contribution >= 0.6 is 35.0 Å². The first-order valence-electron chi connectivity index (χ1n) is 13.1. The summed E-state index contributed by atoms with van der Waals surface area (Å²) in [6, 6.07) is 3.25. The number of rotatable bonds is 12. The van der Waals surface area contributed by atoms with Gasteiger partial charge in [-0.05, 0) is 50.4 Å². The van der Waals surface area contributed by atoms with E-state index in [2.05, 4.69) is 17.6 Å². The first kappa shape index (κ1) is 32.4. The second kappa shape index (κ2) is 15.2. The molecular formula is C26H38Cl2N2O8S. The van der Waals surface area contributed by atoms with Crippen LogP contribution in [0.1, 0.15) is 43.5 Å². The zero-order valence-electron chi connectivity index (χ0n) is 22.2. The van der Waals surface area contributed by atoms with Crippen LogP contribution in [0.5, 0.6) is 0 Å². The van der Waals surface area contributed by atoms with Crippen LogP contribution in [-0.2, 0) is 19.0 Å². The van der Waals surface area contributed by atoms with Crippen LogP contribution in [0.4, 0.5) is 0 Å². The number of aliphatic hydroxyl groups is 3. The molecule has 3 rings (SSSR count). The number of hydrogen-bond donors (Lipinski definition) is 5. The lowest BCUT2D eigenvalue weighted by atomic mass is 9.91. The highest BCUT2D eigenvalue weighted by Crippen LogP contribution is 2.31. The van der Waals surface area contributed by atoms with Crippen molar-refractivity contribution in [3.63, 3.8) is 0 Å². The molecule has 0 bridgehead atoms. The number of methoxy groups -OCH3 is 1. The van der Waals surface area contributed by atoms with Crippen molar-refractivity contribution in [1.82, 2.24) is 10.6 Å². The molecule has 2 aliphatic heterocycles. The molecule has 2 saturated heterocycles. The summed E-state index contributed by atoms with van der Waals surface area (Å²) in [6.45, 7) is 4.57. The third kappa shape index (κ3) is 8.43. The molecule has 220 valence electrons. The van der Waals surface area contributed by atoms with Gasteiger partial charge in [-0.15, -0.1) is 11.8 Å². The Labute approximate surface area is 243 Å². The van der Waals surface area contributed by atoms with E-state index in [1.165, 1.54) is 25.3 Å². The van der Waals surface area contributed by atoms with Crippen LogP contribution in [0.2, 0.25) is 10.0 Å². The van der Waals surface area contributed by atoms with Crippen LogP contribution in [0.25, 0.3) is 0 Å². The van der Waals surface area contributed by atoms with Gasteiger partial charge >= 0.3 is 5.97 Å². The Morgan fingerprint density at radius 3 is 2.64 bits per heavy atom. The average molecular weight is 610 g/mol. The molecule has 0 radical (unpaired) electrons. The van der Waals surface area contributed by atoms with Crippen molar-refractivity contribution < 1.29 is 39.1 Å². The van der Waals surface area contributed by atoms with Crippen molar-refractivity contribution in [3.05, 3.63) is 33.8 Å². The Hall–Kier alpha value is -1.15. The van der Waals surface area contributed by atoms with Gasteiger partial charge in [-0.25, -0.2) is 4.79 Å². The van der Waals surface area contributed by atoms with E-state index in [1.54, 1.807) is 6.92 Å². The van der Waals surface area contributed by atoms with Crippen molar-refractivity contribution >= 4 is 46.8 Å². The van der Waals surface area contributed by atoms with E-state index >= 15 is 0 Å². The lowest BCUT2D eigenvalue weighted by molar-refractivity contribution is -0.212. The molecule has 5 N–H and O–H groups in total. The summed E-state index contributed by atoms with van der Waals surface area (Å²) < 4.78 is 16.8. The summed E-state index contributed by atoms with van der Waals surface area (Å²) in [7, 11) is 1.48. The Kier molecular flexibility index (Phi) is 12.6. The molecule has 13 heteroatoms. The molecule has 1 aromatic rings. The maximum atomic E-state index is 13.1. The highest BCUT2D eigenvalue weighted by Gasteiger charge is 2.49. The maximum Gasteiger partial charge on any atom is 0.339 e. The van der Waals surface area contributed by atoms with Crippen LogP contribution < -0.4 is 10.6 Å². The summed E-state index contributed by atoms with van der Waals surface area (Å²) in [5.41, 5.74) is -0.795. The third-order valence-corrected chi connectivity index (χ3v) is 8.80. The zero-order valence-corrected chi connectivity index (χ0v) is 24.5.